The van der Waals surface area contributed by atoms with E-state index in [1.165, 1.54) is 5.56 Å². The molecule has 26 heavy (non-hydrogen) atoms. The summed E-state index contributed by atoms with van der Waals surface area (Å²) >= 11 is 6.28. The number of nitrogens with zero attached hydrogens (tertiary/aromatic N) is 2. The molecule has 5 nitrogen and oxygen atoms in total. The highest BCUT2D eigenvalue weighted by atomic mass is 32.2. The van der Waals surface area contributed by atoms with E-state index in [1.54, 1.807) is 6.08 Å². The normalized spacial score (nSPS) is 16.0. The highest BCUT2D eigenvalue weighted by Gasteiger charge is 2.33. The molecule has 0 radical (unpaired) electrons. The molecule has 1 aromatic heterocycles. The van der Waals surface area contributed by atoms with Crippen LogP contribution in [0.1, 0.15) is 22.5 Å². The van der Waals surface area contributed by atoms with Crippen LogP contribution in [0, 0.1) is 20.8 Å². The molecule has 0 saturated carbocycles. The van der Waals surface area contributed by atoms with Crippen LogP contribution in [0.5, 0.6) is 0 Å². The Hall–Kier alpha value is -2.38. The van der Waals surface area contributed by atoms with E-state index >= 15 is 0 Å². The van der Waals surface area contributed by atoms with E-state index in [0.29, 0.717) is 4.91 Å². The highest BCUT2D eigenvalue weighted by Crippen LogP contribution is 2.33. The molecule has 1 aliphatic rings. The van der Waals surface area contributed by atoms with Crippen molar-refractivity contribution in [3.05, 3.63) is 57.8 Å². The predicted molar refractivity (Wildman–Crippen MR) is 107 cm³/mol. The van der Waals surface area contributed by atoms with E-state index in [4.69, 9.17) is 17.3 Å². The summed E-state index contributed by atoms with van der Waals surface area (Å²) in [5.74, 6) is -1.44. The summed E-state index contributed by atoms with van der Waals surface area (Å²) in [5.41, 5.74) is 5.23. The maximum atomic E-state index is 12.4. The van der Waals surface area contributed by atoms with Crippen LogP contribution in [0.15, 0.2) is 35.2 Å². The second kappa shape index (κ2) is 7.09. The van der Waals surface area contributed by atoms with E-state index in [-0.39, 0.29) is 10.2 Å². The van der Waals surface area contributed by atoms with E-state index in [2.05, 4.69) is 28.8 Å². The van der Waals surface area contributed by atoms with Crippen LogP contribution >= 0.6 is 24.0 Å². The van der Waals surface area contributed by atoms with Gasteiger partial charge in [0.2, 0.25) is 0 Å². The maximum Gasteiger partial charge on any atom is 0.323 e. The second-order valence-electron chi connectivity index (χ2n) is 6.16. The molecule has 3 rings (SSSR count). The lowest BCUT2D eigenvalue weighted by atomic mass is 10.2. The van der Waals surface area contributed by atoms with Gasteiger partial charge in [0.25, 0.3) is 5.91 Å². The molecule has 0 atom stereocenters. The molecule has 134 valence electrons. The fourth-order valence-corrected chi connectivity index (χ4v) is 4.18. The minimum atomic E-state index is -1.08. The van der Waals surface area contributed by atoms with Gasteiger partial charge in [0, 0.05) is 17.1 Å². The number of hydrogen-bond donors (Lipinski definition) is 1. The maximum absolute atomic E-state index is 12.4. The zero-order chi connectivity index (χ0) is 19.0. The van der Waals surface area contributed by atoms with E-state index in [1.807, 2.05) is 26.8 Å². The predicted octanol–water partition coefficient (Wildman–Crippen LogP) is 3.69. The van der Waals surface area contributed by atoms with Crippen LogP contribution in [-0.4, -0.2) is 37.3 Å². The lowest BCUT2D eigenvalue weighted by Gasteiger charge is -2.10. The summed E-state index contributed by atoms with van der Waals surface area (Å²) in [6.07, 6.45) is 1.79. The number of aryl methyl sites for hydroxylation is 2. The number of carbonyl (C=O) groups excluding carboxylic acids is 1. The number of rotatable bonds is 4. The second-order valence-corrected chi connectivity index (χ2v) is 7.83. The fraction of sp³-hybridized carbons (Fsp3) is 0.211. The number of carbonyl (C=O) groups is 2. The molecule has 2 aromatic rings. The van der Waals surface area contributed by atoms with Gasteiger partial charge >= 0.3 is 5.97 Å². The molecule has 1 amide bonds. The first-order valence-electron chi connectivity index (χ1n) is 8.01. The van der Waals surface area contributed by atoms with Crippen molar-refractivity contribution < 1.29 is 14.7 Å². The zero-order valence-corrected chi connectivity index (χ0v) is 16.3. The summed E-state index contributed by atoms with van der Waals surface area (Å²) in [7, 11) is 0. The number of carboxylic acid groups (broad SMARTS) is 1. The molecule has 0 unspecified atom stereocenters. The van der Waals surface area contributed by atoms with E-state index in [9.17, 15) is 9.59 Å². The van der Waals surface area contributed by atoms with Gasteiger partial charge in [-0.15, -0.1) is 0 Å². The Balaban J connectivity index is 1.96. The van der Waals surface area contributed by atoms with E-state index in [0.717, 1.165) is 39.3 Å². The van der Waals surface area contributed by atoms with Crippen molar-refractivity contribution in [3.8, 4) is 5.69 Å². The number of carboxylic acids is 1. The Morgan fingerprint density at radius 3 is 2.50 bits per heavy atom. The molecule has 0 spiro atoms. The van der Waals surface area contributed by atoms with Crippen molar-refractivity contribution in [1.29, 1.82) is 0 Å². The molecule has 1 fully saturated rings. The molecule has 0 bridgehead atoms. The largest absolute Gasteiger partial charge is 0.480 e. The van der Waals surface area contributed by atoms with Crippen LogP contribution in [0.3, 0.4) is 0 Å². The quantitative estimate of drug-likeness (QED) is 0.641. The van der Waals surface area contributed by atoms with E-state index < -0.39 is 12.5 Å². The van der Waals surface area contributed by atoms with Crippen LogP contribution in [0.4, 0.5) is 0 Å². The van der Waals surface area contributed by atoms with Crippen molar-refractivity contribution in [2.75, 3.05) is 6.54 Å². The smallest absolute Gasteiger partial charge is 0.323 e. The first-order chi connectivity index (χ1) is 12.3. The molecular weight excluding hydrogens is 368 g/mol. The summed E-state index contributed by atoms with van der Waals surface area (Å²) in [4.78, 5) is 24.9. The number of benzene rings is 1. The first kappa shape index (κ1) is 18.4. The average Bonchev–Trinajstić information content (AvgIpc) is 2.99. The standard InChI is InChI=1S/C19H18N2O3S2/c1-11-4-6-15(7-5-11)21-12(2)8-14(13(21)3)9-16-18(24)20(10-17(22)23)19(25)26-16/h4-9H,10H2,1-3H3,(H,22,23). The summed E-state index contributed by atoms with van der Waals surface area (Å²) in [6, 6.07) is 10.3. The fourth-order valence-electron chi connectivity index (χ4n) is 2.94. The molecule has 1 N–H and O–H groups in total. The summed E-state index contributed by atoms with van der Waals surface area (Å²) in [5, 5.41) is 8.93. The van der Waals surface area contributed by atoms with Crippen molar-refractivity contribution >= 4 is 46.3 Å². The highest BCUT2D eigenvalue weighted by molar-refractivity contribution is 8.26. The third-order valence-corrected chi connectivity index (χ3v) is 5.59. The van der Waals surface area contributed by atoms with Gasteiger partial charge in [0.05, 0.1) is 4.91 Å². The lowest BCUT2D eigenvalue weighted by Crippen LogP contribution is -2.33. The Labute approximate surface area is 161 Å². The Kier molecular flexibility index (Phi) is 5.02. The monoisotopic (exact) mass is 386 g/mol. The molecular formula is C19H18N2O3S2. The number of hydrogen-bond acceptors (Lipinski definition) is 4. The number of thiocarbonyl (C=S) groups is 1. The van der Waals surface area contributed by atoms with Crippen molar-refractivity contribution in [2.24, 2.45) is 0 Å². The molecule has 0 aliphatic carbocycles. The SMILES string of the molecule is Cc1ccc(-n2c(C)cc(C=C3SC(=S)N(CC(=O)O)C3=O)c2C)cc1. The summed E-state index contributed by atoms with van der Waals surface area (Å²) < 4.78 is 2.40. The van der Waals surface area contributed by atoms with Crippen molar-refractivity contribution in [2.45, 2.75) is 20.8 Å². The minimum absolute atomic E-state index is 0.274. The van der Waals surface area contributed by atoms with Gasteiger partial charge < -0.3 is 9.67 Å². The number of amides is 1. The number of aliphatic carboxylic acids is 1. The number of aromatic nitrogens is 1. The third-order valence-electron chi connectivity index (χ3n) is 4.22. The van der Waals surface area contributed by atoms with Crippen LogP contribution in [0.2, 0.25) is 0 Å². The Morgan fingerprint density at radius 1 is 1.23 bits per heavy atom. The Morgan fingerprint density at radius 2 is 1.88 bits per heavy atom. The van der Waals surface area contributed by atoms with Crippen molar-refractivity contribution in [1.82, 2.24) is 9.47 Å². The lowest BCUT2D eigenvalue weighted by molar-refractivity contribution is -0.140. The molecule has 1 aliphatic heterocycles. The van der Waals surface area contributed by atoms with Gasteiger partial charge in [-0.1, -0.05) is 41.7 Å². The Bertz CT molecular complexity index is 942. The van der Waals surface area contributed by atoms with Gasteiger partial charge in [-0.25, -0.2) is 0 Å². The van der Waals surface area contributed by atoms with Crippen LogP contribution < -0.4 is 0 Å². The van der Waals surface area contributed by atoms with Gasteiger partial charge in [-0.05, 0) is 50.6 Å². The molecule has 7 heteroatoms. The van der Waals surface area contributed by atoms with Gasteiger partial charge in [-0.3, -0.25) is 14.5 Å². The topological polar surface area (TPSA) is 62.5 Å². The van der Waals surface area contributed by atoms with Gasteiger partial charge in [-0.2, -0.15) is 0 Å². The van der Waals surface area contributed by atoms with Crippen molar-refractivity contribution in [3.63, 3.8) is 0 Å². The molecule has 2 heterocycles. The van der Waals surface area contributed by atoms with Crippen LogP contribution in [0.25, 0.3) is 11.8 Å². The summed E-state index contributed by atoms with van der Waals surface area (Å²) in [6.45, 7) is 5.64. The van der Waals surface area contributed by atoms with Gasteiger partial charge in [0.15, 0.2) is 0 Å². The molecule has 1 saturated heterocycles. The zero-order valence-electron chi connectivity index (χ0n) is 14.6. The third kappa shape index (κ3) is 3.45. The minimum Gasteiger partial charge on any atom is -0.480 e. The van der Waals surface area contributed by atoms with Crippen LogP contribution in [-0.2, 0) is 9.59 Å². The average molecular weight is 386 g/mol. The number of thioether (sulfide) groups is 1. The van der Waals surface area contributed by atoms with Gasteiger partial charge in [0.1, 0.15) is 10.9 Å². The molecule has 1 aromatic carbocycles. The first-order valence-corrected chi connectivity index (χ1v) is 9.23.